The Kier molecular flexibility index (Phi) is 4.77. The number of carbonyl (C=O) groups is 1. The first-order valence-corrected chi connectivity index (χ1v) is 8.28. The van der Waals surface area contributed by atoms with Crippen LogP contribution in [0.1, 0.15) is 6.92 Å². The van der Waals surface area contributed by atoms with Crippen molar-refractivity contribution < 1.29 is 9.21 Å². The Morgan fingerprint density at radius 1 is 1.33 bits per heavy atom. The summed E-state index contributed by atoms with van der Waals surface area (Å²) in [5, 5.41) is 11.2. The number of carbonyl (C=O) groups excluding carboxylic acids is 1. The Morgan fingerprint density at radius 3 is 2.83 bits per heavy atom. The standard InChI is InChI=1S/C15H14ClN5O2S/c1-9(14(22)18-11-6-3-2-5-10(11)16)24-15-20-19-13(21(15)17)12-7-4-8-23-12/h2-9H,17H2,1H3,(H,18,22)/t9-/m1/s1. The molecule has 0 spiro atoms. The van der Waals surface area contributed by atoms with Gasteiger partial charge in [0, 0.05) is 0 Å². The van der Waals surface area contributed by atoms with Crippen molar-refractivity contribution in [1.29, 1.82) is 0 Å². The first-order valence-electron chi connectivity index (χ1n) is 7.02. The van der Waals surface area contributed by atoms with Gasteiger partial charge in [-0.25, -0.2) is 4.68 Å². The monoisotopic (exact) mass is 363 g/mol. The molecule has 0 aliphatic carbocycles. The van der Waals surface area contributed by atoms with Crippen LogP contribution in [0.2, 0.25) is 5.02 Å². The number of halogens is 1. The van der Waals surface area contributed by atoms with Gasteiger partial charge in [0.25, 0.3) is 0 Å². The predicted molar refractivity (Wildman–Crippen MR) is 93.3 cm³/mol. The molecule has 24 heavy (non-hydrogen) atoms. The Morgan fingerprint density at radius 2 is 2.12 bits per heavy atom. The van der Waals surface area contributed by atoms with Crippen LogP contribution in [0.4, 0.5) is 5.69 Å². The van der Waals surface area contributed by atoms with E-state index in [1.54, 1.807) is 43.3 Å². The van der Waals surface area contributed by atoms with E-state index in [4.69, 9.17) is 21.9 Å². The molecule has 1 amide bonds. The number of hydrogen-bond acceptors (Lipinski definition) is 6. The number of para-hydroxylation sites is 1. The summed E-state index contributed by atoms with van der Waals surface area (Å²) in [6, 6.07) is 10.5. The number of rotatable bonds is 5. The molecular weight excluding hydrogens is 350 g/mol. The van der Waals surface area contributed by atoms with Crippen LogP contribution in [0.15, 0.2) is 52.2 Å². The SMILES string of the molecule is C[C@@H](Sc1nnc(-c2ccco2)n1N)C(=O)Nc1ccccc1Cl. The van der Waals surface area contributed by atoms with Crippen molar-refractivity contribution in [2.75, 3.05) is 11.2 Å². The second kappa shape index (κ2) is 6.98. The van der Waals surface area contributed by atoms with Crippen LogP contribution < -0.4 is 11.2 Å². The van der Waals surface area contributed by atoms with E-state index in [9.17, 15) is 4.79 Å². The summed E-state index contributed by atoms with van der Waals surface area (Å²) >= 11 is 7.23. The van der Waals surface area contributed by atoms with Crippen molar-refractivity contribution >= 4 is 35.0 Å². The van der Waals surface area contributed by atoms with E-state index in [1.165, 1.54) is 22.7 Å². The molecule has 1 aromatic carbocycles. The zero-order valence-corrected chi connectivity index (χ0v) is 14.2. The third-order valence-electron chi connectivity index (χ3n) is 3.19. The average molecular weight is 364 g/mol. The van der Waals surface area contributed by atoms with Gasteiger partial charge in [-0.2, -0.15) is 0 Å². The van der Waals surface area contributed by atoms with E-state index >= 15 is 0 Å². The fourth-order valence-electron chi connectivity index (χ4n) is 1.94. The first kappa shape index (κ1) is 16.4. The molecule has 3 aromatic rings. The fourth-order valence-corrected chi connectivity index (χ4v) is 2.89. The molecule has 9 heteroatoms. The second-order valence-electron chi connectivity index (χ2n) is 4.88. The van der Waals surface area contributed by atoms with Crippen LogP contribution in [0.25, 0.3) is 11.6 Å². The van der Waals surface area contributed by atoms with Crippen LogP contribution in [-0.4, -0.2) is 26.0 Å². The Hall–Kier alpha value is -2.45. The van der Waals surface area contributed by atoms with Gasteiger partial charge >= 0.3 is 0 Å². The number of benzene rings is 1. The van der Waals surface area contributed by atoms with Gasteiger partial charge in [0.1, 0.15) is 0 Å². The van der Waals surface area contributed by atoms with Gasteiger partial charge in [-0.15, -0.1) is 10.2 Å². The Bertz CT molecular complexity index is 849. The van der Waals surface area contributed by atoms with E-state index in [-0.39, 0.29) is 5.91 Å². The number of nitrogen functional groups attached to an aromatic ring is 1. The number of hydrogen-bond donors (Lipinski definition) is 2. The number of furan rings is 1. The summed E-state index contributed by atoms with van der Waals surface area (Å²) in [6.07, 6.45) is 1.52. The van der Waals surface area contributed by atoms with Gasteiger partial charge in [-0.1, -0.05) is 35.5 Å². The number of anilines is 1. The maximum absolute atomic E-state index is 12.3. The number of nitrogens with two attached hydrogens (primary N) is 1. The molecule has 0 unspecified atom stereocenters. The molecule has 7 nitrogen and oxygen atoms in total. The molecule has 0 radical (unpaired) electrons. The summed E-state index contributed by atoms with van der Waals surface area (Å²) in [6.45, 7) is 1.75. The van der Waals surface area contributed by atoms with E-state index in [1.807, 2.05) is 0 Å². The molecule has 2 aromatic heterocycles. The van der Waals surface area contributed by atoms with E-state index in [0.29, 0.717) is 27.5 Å². The summed E-state index contributed by atoms with van der Waals surface area (Å²) < 4.78 is 6.55. The lowest BCUT2D eigenvalue weighted by Crippen LogP contribution is -2.23. The molecule has 3 rings (SSSR count). The maximum Gasteiger partial charge on any atom is 0.237 e. The third kappa shape index (κ3) is 3.39. The molecular formula is C15H14ClN5O2S. The summed E-state index contributed by atoms with van der Waals surface area (Å²) in [4.78, 5) is 12.3. The lowest BCUT2D eigenvalue weighted by atomic mass is 10.3. The van der Waals surface area contributed by atoms with Crippen LogP contribution in [0.5, 0.6) is 0 Å². The molecule has 2 heterocycles. The number of amides is 1. The highest BCUT2D eigenvalue weighted by Gasteiger charge is 2.21. The molecule has 0 saturated carbocycles. The lowest BCUT2D eigenvalue weighted by Gasteiger charge is -2.12. The molecule has 0 saturated heterocycles. The molecule has 0 fully saturated rings. The van der Waals surface area contributed by atoms with Gasteiger partial charge in [-0.3, -0.25) is 4.79 Å². The molecule has 124 valence electrons. The van der Waals surface area contributed by atoms with Gasteiger partial charge in [0.15, 0.2) is 5.76 Å². The highest BCUT2D eigenvalue weighted by Crippen LogP contribution is 2.27. The quantitative estimate of drug-likeness (QED) is 0.534. The van der Waals surface area contributed by atoms with Crippen LogP contribution >= 0.6 is 23.4 Å². The summed E-state index contributed by atoms with van der Waals surface area (Å²) in [7, 11) is 0. The fraction of sp³-hybridized carbons (Fsp3) is 0.133. The predicted octanol–water partition coefficient (Wildman–Crippen LogP) is 3.02. The molecule has 3 N–H and O–H groups in total. The topological polar surface area (TPSA) is 99.0 Å². The Balaban J connectivity index is 1.70. The van der Waals surface area contributed by atoms with E-state index in [0.717, 1.165) is 0 Å². The van der Waals surface area contributed by atoms with Crippen LogP contribution in [0, 0.1) is 0 Å². The number of thioether (sulfide) groups is 1. The molecule has 1 atom stereocenters. The smallest absolute Gasteiger partial charge is 0.237 e. The number of aromatic nitrogens is 3. The largest absolute Gasteiger partial charge is 0.461 e. The highest BCUT2D eigenvalue weighted by molar-refractivity contribution is 8.00. The molecule has 0 bridgehead atoms. The van der Waals surface area contributed by atoms with E-state index < -0.39 is 5.25 Å². The van der Waals surface area contributed by atoms with Gasteiger partial charge in [0.05, 0.1) is 22.2 Å². The van der Waals surface area contributed by atoms with Gasteiger partial charge in [0.2, 0.25) is 16.9 Å². The minimum atomic E-state index is -0.447. The zero-order valence-electron chi connectivity index (χ0n) is 12.6. The van der Waals surface area contributed by atoms with Crippen molar-refractivity contribution in [1.82, 2.24) is 14.9 Å². The van der Waals surface area contributed by atoms with Crippen molar-refractivity contribution in [3.8, 4) is 11.6 Å². The summed E-state index contributed by atoms with van der Waals surface area (Å²) in [5.41, 5.74) is 0.558. The first-order chi connectivity index (χ1) is 11.6. The van der Waals surface area contributed by atoms with Crippen molar-refractivity contribution in [2.24, 2.45) is 0 Å². The lowest BCUT2D eigenvalue weighted by molar-refractivity contribution is -0.115. The van der Waals surface area contributed by atoms with Crippen molar-refractivity contribution in [2.45, 2.75) is 17.3 Å². The molecule has 0 aliphatic rings. The summed E-state index contributed by atoms with van der Waals surface area (Å²) in [5.74, 6) is 6.66. The number of nitrogens with zero attached hydrogens (tertiary/aromatic N) is 3. The number of nitrogens with one attached hydrogen (secondary N) is 1. The Labute approximate surface area is 147 Å². The minimum absolute atomic E-state index is 0.212. The second-order valence-corrected chi connectivity index (χ2v) is 6.60. The van der Waals surface area contributed by atoms with Gasteiger partial charge in [-0.05, 0) is 31.2 Å². The van der Waals surface area contributed by atoms with E-state index in [2.05, 4.69) is 15.5 Å². The average Bonchev–Trinajstić information content (AvgIpc) is 3.20. The zero-order chi connectivity index (χ0) is 17.1. The highest BCUT2D eigenvalue weighted by atomic mass is 35.5. The third-order valence-corrected chi connectivity index (χ3v) is 4.58. The van der Waals surface area contributed by atoms with Crippen LogP contribution in [0.3, 0.4) is 0 Å². The maximum atomic E-state index is 12.3. The van der Waals surface area contributed by atoms with Crippen LogP contribution in [-0.2, 0) is 4.79 Å². The van der Waals surface area contributed by atoms with Crippen molar-refractivity contribution in [3.63, 3.8) is 0 Å². The minimum Gasteiger partial charge on any atom is -0.461 e. The normalized spacial score (nSPS) is 12.1. The molecule has 0 aliphatic heterocycles. The van der Waals surface area contributed by atoms with Crippen molar-refractivity contribution in [3.05, 3.63) is 47.7 Å². The van der Waals surface area contributed by atoms with Gasteiger partial charge < -0.3 is 15.6 Å².